The Kier molecular flexibility index (Phi) is 10.0. The molecule has 0 radical (unpaired) electrons. The number of ether oxygens (including phenoxy) is 1. The van der Waals surface area contributed by atoms with E-state index in [1.807, 2.05) is 25.1 Å². The Labute approximate surface area is 251 Å². The molecule has 0 unspecified atom stereocenters. The van der Waals surface area contributed by atoms with E-state index in [9.17, 15) is 23.4 Å². The fourth-order valence-electron chi connectivity index (χ4n) is 7.00. The van der Waals surface area contributed by atoms with E-state index in [1.165, 1.54) is 16.1 Å². The average Bonchev–Trinajstić information content (AvgIpc) is 3.20. The van der Waals surface area contributed by atoms with Gasteiger partial charge in [-0.3, -0.25) is 4.79 Å². The molecule has 5 rings (SSSR count). The van der Waals surface area contributed by atoms with Crippen molar-refractivity contribution in [3.63, 3.8) is 0 Å². The second-order valence-electron chi connectivity index (χ2n) is 12.6. The van der Waals surface area contributed by atoms with Crippen molar-refractivity contribution in [2.75, 3.05) is 26.5 Å². The summed E-state index contributed by atoms with van der Waals surface area (Å²) < 4.78 is 32.2. The van der Waals surface area contributed by atoms with E-state index in [1.54, 1.807) is 31.4 Å². The first kappa shape index (κ1) is 32.4. The minimum atomic E-state index is -3.52. The van der Waals surface area contributed by atoms with Crippen LogP contribution in [0.3, 0.4) is 0 Å². The molecule has 8 heteroatoms. The molecule has 1 fully saturated rings. The summed E-state index contributed by atoms with van der Waals surface area (Å²) in [6, 6.07) is 13.0. The van der Waals surface area contributed by atoms with Crippen molar-refractivity contribution >= 4 is 15.8 Å². The molecule has 0 aromatic heterocycles. The molecule has 1 saturated carbocycles. The lowest BCUT2D eigenvalue weighted by Crippen LogP contribution is -2.53. The number of methoxy groups -OCH3 is 1. The minimum Gasteiger partial charge on any atom is -0.497 e. The van der Waals surface area contributed by atoms with E-state index >= 15 is 0 Å². The highest BCUT2D eigenvalue weighted by Gasteiger charge is 2.57. The zero-order valence-electron chi connectivity index (χ0n) is 25.7. The molecule has 42 heavy (non-hydrogen) atoms. The Morgan fingerprint density at radius 2 is 1.83 bits per heavy atom. The van der Waals surface area contributed by atoms with Crippen LogP contribution in [0.2, 0.25) is 0 Å². The molecule has 3 aliphatic carbocycles. The van der Waals surface area contributed by atoms with E-state index in [2.05, 4.69) is 19.9 Å². The van der Waals surface area contributed by atoms with E-state index in [0.29, 0.717) is 68.4 Å². The molecule has 2 bridgehead atoms. The third-order valence-electron chi connectivity index (χ3n) is 9.65. The highest BCUT2D eigenvalue weighted by molar-refractivity contribution is 7.88. The Bertz CT molecular complexity index is 1400. The number of aliphatic hydroxyl groups is 2. The number of ketones is 1. The number of aliphatic hydroxyl groups excluding tert-OH is 1. The first-order valence-corrected chi connectivity index (χ1v) is 17.0. The van der Waals surface area contributed by atoms with Crippen LogP contribution in [0.5, 0.6) is 5.75 Å². The molecule has 0 heterocycles. The zero-order chi connectivity index (χ0) is 30.7. The van der Waals surface area contributed by atoms with Gasteiger partial charge < -0.3 is 14.9 Å². The first-order chi connectivity index (χ1) is 19.8. The number of allylic oxidation sites excluding steroid dienone is 2. The summed E-state index contributed by atoms with van der Waals surface area (Å²) in [5.41, 5.74) is 2.10. The largest absolute Gasteiger partial charge is 0.497 e. The predicted molar refractivity (Wildman–Crippen MR) is 167 cm³/mol. The lowest BCUT2D eigenvalue weighted by atomic mass is 9.64. The Balaban J connectivity index is 1.85. The molecule has 2 aromatic carbocycles. The number of sulfonamides is 1. The lowest BCUT2D eigenvalue weighted by molar-refractivity contribution is -0.0723. The molecule has 7 nitrogen and oxygen atoms in total. The van der Waals surface area contributed by atoms with Crippen molar-refractivity contribution in [3.05, 3.63) is 76.4 Å². The summed E-state index contributed by atoms with van der Waals surface area (Å²) in [6.45, 7) is 6.46. The van der Waals surface area contributed by atoms with Gasteiger partial charge in [0.15, 0.2) is 5.78 Å². The highest BCUT2D eigenvalue weighted by Crippen LogP contribution is 2.59. The smallest absolute Gasteiger partial charge is 0.211 e. The SMILES string of the molecule is CCCN(C[C@]1(O)CC[C@H]2c3ccc(cc3C(=O)c3ccc(OC)cc3)C[C@@H](O)CCC(C)=CCC[C@@]21C)S(C)(=O)=O. The van der Waals surface area contributed by atoms with Crippen LogP contribution in [-0.2, 0) is 16.4 Å². The molecule has 0 amide bonds. The first-order valence-electron chi connectivity index (χ1n) is 15.1. The molecule has 0 aliphatic heterocycles. The van der Waals surface area contributed by atoms with Crippen molar-refractivity contribution < 1.29 is 28.2 Å². The van der Waals surface area contributed by atoms with Crippen LogP contribution in [0.15, 0.2) is 54.1 Å². The summed E-state index contributed by atoms with van der Waals surface area (Å²) in [6.07, 6.45) is 7.77. The van der Waals surface area contributed by atoms with Gasteiger partial charge >= 0.3 is 0 Å². The number of hydrogen-bond acceptors (Lipinski definition) is 6. The monoisotopic (exact) mass is 597 g/mol. The number of hydrogen-bond donors (Lipinski definition) is 2. The third-order valence-corrected chi connectivity index (χ3v) is 10.9. The fraction of sp³-hybridized carbons (Fsp3) is 0.559. The van der Waals surface area contributed by atoms with E-state index in [0.717, 1.165) is 17.5 Å². The zero-order valence-corrected chi connectivity index (χ0v) is 26.5. The van der Waals surface area contributed by atoms with Crippen LogP contribution in [0.25, 0.3) is 0 Å². The number of fused-ring (bicyclic) bond motifs is 8. The fourth-order valence-corrected chi connectivity index (χ4v) is 7.96. The van der Waals surface area contributed by atoms with Crippen LogP contribution in [0.4, 0.5) is 0 Å². The number of benzene rings is 2. The van der Waals surface area contributed by atoms with Gasteiger partial charge in [-0.1, -0.05) is 37.6 Å². The quantitative estimate of drug-likeness (QED) is 0.302. The topological polar surface area (TPSA) is 104 Å². The maximum Gasteiger partial charge on any atom is 0.211 e. The highest BCUT2D eigenvalue weighted by atomic mass is 32.2. The number of carbonyl (C=O) groups is 1. The maximum absolute atomic E-state index is 14.1. The van der Waals surface area contributed by atoms with Gasteiger partial charge in [0.1, 0.15) is 5.75 Å². The molecule has 4 atom stereocenters. The van der Waals surface area contributed by atoms with Gasteiger partial charge in [0.05, 0.1) is 25.1 Å². The minimum absolute atomic E-state index is 0.0292. The summed E-state index contributed by atoms with van der Waals surface area (Å²) in [7, 11) is -1.93. The molecule has 0 spiro atoms. The normalized spacial score (nSPS) is 26.9. The molecule has 0 saturated heterocycles. The summed E-state index contributed by atoms with van der Waals surface area (Å²) in [4.78, 5) is 14.1. The van der Waals surface area contributed by atoms with Crippen molar-refractivity contribution in [2.24, 2.45) is 5.41 Å². The van der Waals surface area contributed by atoms with Crippen LogP contribution in [-0.4, -0.2) is 66.9 Å². The summed E-state index contributed by atoms with van der Waals surface area (Å²) in [5, 5.41) is 23.2. The van der Waals surface area contributed by atoms with Crippen LogP contribution in [0.1, 0.15) is 98.7 Å². The Morgan fingerprint density at radius 1 is 1.12 bits per heavy atom. The molecule has 3 aliphatic rings. The van der Waals surface area contributed by atoms with Crippen molar-refractivity contribution in [1.82, 2.24) is 4.31 Å². The summed E-state index contributed by atoms with van der Waals surface area (Å²) in [5.74, 6) is 0.379. The van der Waals surface area contributed by atoms with Crippen molar-refractivity contribution in [2.45, 2.75) is 89.8 Å². The van der Waals surface area contributed by atoms with Crippen molar-refractivity contribution in [3.8, 4) is 5.75 Å². The van der Waals surface area contributed by atoms with Gasteiger partial charge in [0.25, 0.3) is 0 Å². The van der Waals surface area contributed by atoms with Crippen LogP contribution in [0, 0.1) is 5.41 Å². The van der Waals surface area contributed by atoms with Crippen LogP contribution < -0.4 is 4.74 Å². The maximum atomic E-state index is 14.1. The number of nitrogens with zero attached hydrogens (tertiary/aromatic N) is 1. The van der Waals surface area contributed by atoms with Gasteiger partial charge in [-0.25, -0.2) is 8.42 Å². The molecule has 2 N–H and O–H groups in total. The number of rotatable bonds is 8. The lowest BCUT2D eigenvalue weighted by Gasteiger charge is -2.45. The number of carbonyl (C=O) groups excluding carboxylic acids is 1. The molecular formula is C34H47NO6S. The molecular weight excluding hydrogens is 550 g/mol. The van der Waals surface area contributed by atoms with Crippen LogP contribution >= 0.6 is 0 Å². The van der Waals surface area contributed by atoms with Gasteiger partial charge in [-0.15, -0.1) is 0 Å². The second-order valence-corrected chi connectivity index (χ2v) is 14.6. The van der Waals surface area contributed by atoms with E-state index < -0.39 is 27.1 Å². The predicted octanol–water partition coefficient (Wildman–Crippen LogP) is 5.64. The molecule has 2 aromatic rings. The van der Waals surface area contributed by atoms with Gasteiger partial charge in [0, 0.05) is 29.6 Å². The summed E-state index contributed by atoms with van der Waals surface area (Å²) >= 11 is 0. The van der Waals surface area contributed by atoms with E-state index in [-0.39, 0.29) is 18.2 Å². The second kappa shape index (κ2) is 13.0. The average molecular weight is 598 g/mol. The third kappa shape index (κ3) is 6.83. The van der Waals surface area contributed by atoms with Gasteiger partial charge in [-0.05, 0) is 106 Å². The standard InChI is InChI=1S/C34H47NO6S/c1-6-20-35(42(5,39)40)23-34(38)19-17-31-29-16-10-25(21-27(36)13-9-24(2)8-7-18-33(31,34)3)22-30(29)32(37)26-11-14-28(41-4)15-12-26/h8,10-12,14-16,22,27,31,36,38H,6-7,9,13,17-21,23H2,1-5H3/t27-,31-,33-,34+/m0/s1. The van der Waals surface area contributed by atoms with Crippen molar-refractivity contribution in [1.29, 1.82) is 0 Å². The van der Waals surface area contributed by atoms with Gasteiger partial charge in [0.2, 0.25) is 10.0 Å². The van der Waals surface area contributed by atoms with Gasteiger partial charge in [-0.2, -0.15) is 4.31 Å². The molecule has 230 valence electrons. The Hall–Kier alpha value is -2.52. The Morgan fingerprint density at radius 3 is 2.48 bits per heavy atom. The van der Waals surface area contributed by atoms with E-state index in [4.69, 9.17) is 4.74 Å².